The van der Waals surface area contributed by atoms with E-state index in [-0.39, 0.29) is 17.3 Å². The van der Waals surface area contributed by atoms with Crippen LogP contribution in [0.2, 0.25) is 0 Å². The molecule has 1 amide bonds. The highest BCUT2D eigenvalue weighted by Gasteiger charge is 2.28. The molecule has 0 saturated carbocycles. The molecule has 0 radical (unpaired) electrons. The number of amides is 1. The maximum absolute atomic E-state index is 13.3. The molecule has 1 aliphatic carbocycles. The third kappa shape index (κ3) is 3.74. The van der Waals surface area contributed by atoms with Crippen molar-refractivity contribution in [3.8, 4) is 16.9 Å². The average Bonchev–Trinajstić information content (AvgIpc) is 3.59. The number of rotatable bonds is 5. The number of anilines is 1. The average molecular weight is 471 g/mol. The van der Waals surface area contributed by atoms with Crippen molar-refractivity contribution in [2.45, 2.75) is 6.54 Å². The quantitative estimate of drug-likeness (QED) is 0.361. The van der Waals surface area contributed by atoms with E-state index < -0.39 is 5.91 Å². The number of ether oxygens (including phenoxy) is 1. The summed E-state index contributed by atoms with van der Waals surface area (Å²) in [7, 11) is 0. The second-order valence-electron chi connectivity index (χ2n) is 8.15. The number of nitrogen functional groups attached to an aromatic ring is 1. The Balaban J connectivity index is 1.34. The van der Waals surface area contributed by atoms with Gasteiger partial charge in [-0.1, -0.05) is 53.7 Å². The number of nitrogens with zero attached hydrogens (tertiary/aromatic N) is 7. The van der Waals surface area contributed by atoms with E-state index in [9.17, 15) is 4.79 Å². The van der Waals surface area contributed by atoms with Crippen molar-refractivity contribution in [2.24, 2.45) is 5.10 Å². The summed E-state index contributed by atoms with van der Waals surface area (Å²) in [6.45, 7) is 2.99. The van der Waals surface area contributed by atoms with E-state index in [1.54, 1.807) is 0 Å². The largest absolute Gasteiger partial charge is 0.379 e. The van der Waals surface area contributed by atoms with Crippen LogP contribution in [0.4, 0.5) is 5.82 Å². The lowest BCUT2D eigenvalue weighted by molar-refractivity contribution is 0.0332. The molecule has 176 valence electrons. The number of nitrogens with one attached hydrogen (secondary N) is 1. The number of morpholine rings is 1. The van der Waals surface area contributed by atoms with E-state index in [2.05, 4.69) is 36.1 Å². The first-order chi connectivity index (χ1) is 17.2. The van der Waals surface area contributed by atoms with Crippen molar-refractivity contribution in [3.05, 3.63) is 71.0 Å². The van der Waals surface area contributed by atoms with E-state index in [0.717, 1.165) is 22.3 Å². The Morgan fingerprint density at radius 2 is 1.66 bits per heavy atom. The minimum atomic E-state index is -0.496. The van der Waals surface area contributed by atoms with Crippen LogP contribution in [0.25, 0.3) is 16.9 Å². The van der Waals surface area contributed by atoms with Crippen molar-refractivity contribution in [2.75, 3.05) is 32.0 Å². The SMILES string of the molecule is Nc1nonc1-n1nnc(C(=O)NN=C2c3ccccc3-c3ccccc32)c1CN1CCOCC1. The summed E-state index contributed by atoms with van der Waals surface area (Å²) in [4.78, 5) is 15.4. The molecule has 2 aliphatic rings. The molecule has 1 fully saturated rings. The fraction of sp³-hybridized carbons (Fsp3) is 0.217. The van der Waals surface area contributed by atoms with Crippen LogP contribution >= 0.6 is 0 Å². The Hall–Kier alpha value is -4.42. The fourth-order valence-corrected chi connectivity index (χ4v) is 4.37. The van der Waals surface area contributed by atoms with Gasteiger partial charge in [0.05, 0.1) is 24.6 Å². The molecule has 1 saturated heterocycles. The normalized spacial score (nSPS) is 15.0. The lowest BCUT2D eigenvalue weighted by Gasteiger charge is -2.26. The zero-order valence-electron chi connectivity index (χ0n) is 18.6. The highest BCUT2D eigenvalue weighted by Crippen LogP contribution is 2.36. The molecule has 3 heterocycles. The lowest BCUT2D eigenvalue weighted by atomic mass is 10.1. The Labute approximate surface area is 199 Å². The van der Waals surface area contributed by atoms with Crippen LogP contribution in [0.15, 0.2) is 58.3 Å². The van der Waals surface area contributed by atoms with Crippen LogP contribution < -0.4 is 11.2 Å². The van der Waals surface area contributed by atoms with Gasteiger partial charge in [-0.3, -0.25) is 9.69 Å². The van der Waals surface area contributed by atoms with Gasteiger partial charge in [0.25, 0.3) is 5.91 Å². The fourth-order valence-electron chi connectivity index (χ4n) is 4.37. The first kappa shape index (κ1) is 21.1. The van der Waals surface area contributed by atoms with Crippen molar-refractivity contribution in [1.29, 1.82) is 0 Å². The number of fused-ring (bicyclic) bond motifs is 3. The second kappa shape index (κ2) is 8.74. The first-order valence-electron chi connectivity index (χ1n) is 11.1. The summed E-state index contributed by atoms with van der Waals surface area (Å²) >= 11 is 0. The van der Waals surface area contributed by atoms with Gasteiger partial charge >= 0.3 is 0 Å². The number of benzene rings is 2. The maximum atomic E-state index is 13.3. The summed E-state index contributed by atoms with van der Waals surface area (Å²) in [6, 6.07) is 15.9. The van der Waals surface area contributed by atoms with Crippen molar-refractivity contribution < 1.29 is 14.2 Å². The number of nitrogens with two attached hydrogens (primary N) is 1. The predicted octanol–water partition coefficient (Wildman–Crippen LogP) is 1.23. The third-order valence-electron chi connectivity index (χ3n) is 6.08. The Morgan fingerprint density at radius 1 is 1.00 bits per heavy atom. The molecule has 0 spiro atoms. The molecule has 12 heteroatoms. The number of hydrogen-bond donors (Lipinski definition) is 2. The van der Waals surface area contributed by atoms with Crippen LogP contribution in [-0.2, 0) is 11.3 Å². The summed E-state index contributed by atoms with van der Waals surface area (Å²) < 4.78 is 11.5. The molecule has 2 aromatic carbocycles. The minimum absolute atomic E-state index is 0.0458. The standard InChI is InChI=1S/C23H21N9O3/c24-21-22(29-35-28-21)32-18(13-31-9-11-34-12-10-31)20(26-30-32)23(33)27-25-19-16-7-3-1-5-14(16)15-6-2-4-8-17(15)19/h1-8H,9-13H2,(H2,24,28)(H,27,33). The first-order valence-corrected chi connectivity index (χ1v) is 11.1. The van der Waals surface area contributed by atoms with E-state index in [1.165, 1.54) is 4.68 Å². The van der Waals surface area contributed by atoms with E-state index in [4.69, 9.17) is 15.1 Å². The zero-order chi connectivity index (χ0) is 23.8. The molecule has 0 bridgehead atoms. The second-order valence-corrected chi connectivity index (χ2v) is 8.15. The van der Waals surface area contributed by atoms with Crippen LogP contribution in [-0.4, -0.2) is 68.1 Å². The molecule has 2 aromatic heterocycles. The monoisotopic (exact) mass is 471 g/mol. The molecule has 12 nitrogen and oxygen atoms in total. The lowest BCUT2D eigenvalue weighted by Crippen LogP contribution is -2.37. The van der Waals surface area contributed by atoms with E-state index in [1.807, 2.05) is 48.5 Å². The van der Waals surface area contributed by atoms with Gasteiger partial charge in [0.15, 0.2) is 5.69 Å². The molecular weight excluding hydrogens is 450 g/mol. The molecule has 1 aliphatic heterocycles. The number of carbonyl (C=O) groups is 1. The maximum Gasteiger partial charge on any atom is 0.293 e. The van der Waals surface area contributed by atoms with Gasteiger partial charge < -0.3 is 10.5 Å². The Kier molecular flexibility index (Phi) is 5.28. The van der Waals surface area contributed by atoms with Gasteiger partial charge in [-0.05, 0) is 21.4 Å². The number of aromatic nitrogens is 5. The summed E-state index contributed by atoms with van der Waals surface area (Å²) in [6.07, 6.45) is 0. The molecule has 6 rings (SSSR count). The van der Waals surface area contributed by atoms with Crippen LogP contribution in [0, 0.1) is 0 Å². The van der Waals surface area contributed by atoms with Crippen LogP contribution in [0.5, 0.6) is 0 Å². The van der Waals surface area contributed by atoms with Gasteiger partial charge in [0, 0.05) is 30.8 Å². The highest BCUT2D eigenvalue weighted by atomic mass is 16.6. The van der Waals surface area contributed by atoms with Crippen molar-refractivity contribution >= 4 is 17.4 Å². The topological polar surface area (TPSA) is 150 Å². The van der Waals surface area contributed by atoms with Gasteiger partial charge in [-0.2, -0.15) is 9.78 Å². The minimum Gasteiger partial charge on any atom is -0.379 e. The summed E-state index contributed by atoms with van der Waals surface area (Å²) in [5.74, 6) is -0.279. The van der Waals surface area contributed by atoms with Crippen LogP contribution in [0.3, 0.4) is 0 Å². The zero-order valence-corrected chi connectivity index (χ0v) is 18.6. The molecule has 0 atom stereocenters. The molecule has 0 unspecified atom stereocenters. The van der Waals surface area contributed by atoms with Crippen molar-refractivity contribution in [3.63, 3.8) is 0 Å². The van der Waals surface area contributed by atoms with Gasteiger partial charge in [0.2, 0.25) is 11.6 Å². The summed E-state index contributed by atoms with van der Waals surface area (Å²) in [5, 5.41) is 20.2. The number of carbonyl (C=O) groups excluding carboxylic acids is 1. The number of hydrogen-bond acceptors (Lipinski definition) is 10. The van der Waals surface area contributed by atoms with E-state index >= 15 is 0 Å². The highest BCUT2D eigenvalue weighted by molar-refractivity contribution is 6.24. The number of hydrazone groups is 1. The smallest absolute Gasteiger partial charge is 0.293 e. The van der Waals surface area contributed by atoms with Gasteiger partial charge in [0.1, 0.15) is 0 Å². The Bertz CT molecular complexity index is 1390. The molecule has 3 N–H and O–H groups in total. The molecule has 4 aromatic rings. The van der Waals surface area contributed by atoms with E-state index in [0.29, 0.717) is 44.3 Å². The van der Waals surface area contributed by atoms with Crippen molar-refractivity contribution in [1.82, 2.24) is 35.6 Å². The Morgan fingerprint density at radius 3 is 2.29 bits per heavy atom. The molecule has 35 heavy (non-hydrogen) atoms. The van der Waals surface area contributed by atoms with Gasteiger partial charge in [-0.15, -0.1) is 5.10 Å². The summed E-state index contributed by atoms with van der Waals surface area (Å²) in [5.41, 5.74) is 13.9. The molecular formula is C23H21N9O3. The third-order valence-corrected chi connectivity index (χ3v) is 6.08. The van der Waals surface area contributed by atoms with Gasteiger partial charge in [-0.25, -0.2) is 10.1 Å². The van der Waals surface area contributed by atoms with Crippen LogP contribution in [0.1, 0.15) is 27.3 Å². The predicted molar refractivity (Wildman–Crippen MR) is 125 cm³/mol.